The lowest BCUT2D eigenvalue weighted by Crippen LogP contribution is -2.52. The number of nitro benzene ring substituents is 1. The van der Waals surface area contributed by atoms with Crippen LogP contribution < -0.4 is 10.1 Å². The maximum absolute atomic E-state index is 13.7. The molecule has 3 aromatic carbocycles. The van der Waals surface area contributed by atoms with Gasteiger partial charge in [0.2, 0.25) is 11.8 Å². The van der Waals surface area contributed by atoms with E-state index < -0.39 is 11.0 Å². The van der Waals surface area contributed by atoms with Gasteiger partial charge in [0, 0.05) is 36.9 Å². The van der Waals surface area contributed by atoms with Gasteiger partial charge in [-0.3, -0.25) is 19.7 Å². The molecule has 0 spiro atoms. The van der Waals surface area contributed by atoms with E-state index in [1.54, 1.807) is 24.1 Å². The first-order valence-corrected chi connectivity index (χ1v) is 13.5. The number of benzene rings is 3. The normalized spacial score (nSPS) is 11.6. The van der Waals surface area contributed by atoms with Crippen molar-refractivity contribution in [2.24, 2.45) is 0 Å². The third kappa shape index (κ3) is 8.62. The van der Waals surface area contributed by atoms with E-state index in [0.717, 1.165) is 16.7 Å². The predicted octanol–water partition coefficient (Wildman–Crippen LogP) is 5.00. The average molecular weight is 536 g/mol. The van der Waals surface area contributed by atoms with Gasteiger partial charge in [-0.15, -0.1) is 11.8 Å². The molecule has 3 rings (SSSR count). The molecular weight excluding hydrogens is 502 g/mol. The number of nitro groups is 1. The van der Waals surface area contributed by atoms with Crippen LogP contribution in [0.4, 0.5) is 5.69 Å². The van der Waals surface area contributed by atoms with Gasteiger partial charge in [0.05, 0.1) is 17.8 Å². The van der Waals surface area contributed by atoms with Crippen molar-refractivity contribution in [3.8, 4) is 5.75 Å². The number of ether oxygens (including phenoxy) is 1. The number of amides is 2. The fourth-order valence-corrected chi connectivity index (χ4v) is 4.83. The molecule has 0 aliphatic heterocycles. The Morgan fingerprint density at radius 2 is 1.66 bits per heavy atom. The summed E-state index contributed by atoms with van der Waals surface area (Å²) >= 11 is 1.41. The lowest BCUT2D eigenvalue weighted by atomic mass is 10.0. The zero-order chi connectivity index (χ0) is 27.5. The molecule has 38 heavy (non-hydrogen) atoms. The summed E-state index contributed by atoms with van der Waals surface area (Å²) in [6.07, 6.45) is 0.377. The first-order chi connectivity index (χ1) is 18.3. The second kappa shape index (κ2) is 14.2. The van der Waals surface area contributed by atoms with Crippen molar-refractivity contribution in [3.63, 3.8) is 0 Å². The third-order valence-corrected chi connectivity index (χ3v) is 6.82. The number of carbonyl (C=O) groups is 2. The molecule has 0 fully saturated rings. The van der Waals surface area contributed by atoms with Crippen molar-refractivity contribution in [3.05, 3.63) is 106 Å². The molecule has 200 valence electrons. The van der Waals surface area contributed by atoms with Crippen LogP contribution in [-0.4, -0.2) is 46.6 Å². The molecule has 0 aliphatic carbocycles. The molecule has 2 amide bonds. The summed E-state index contributed by atoms with van der Waals surface area (Å²) in [7, 11) is 1.59. The van der Waals surface area contributed by atoms with Crippen LogP contribution in [0, 0.1) is 10.1 Å². The second-order valence-electron chi connectivity index (χ2n) is 9.16. The number of thioether (sulfide) groups is 1. The number of carbonyl (C=O) groups excluding carboxylic acids is 2. The highest BCUT2D eigenvalue weighted by atomic mass is 32.2. The average Bonchev–Trinajstić information content (AvgIpc) is 2.91. The van der Waals surface area contributed by atoms with Gasteiger partial charge in [0.1, 0.15) is 11.8 Å². The van der Waals surface area contributed by atoms with Gasteiger partial charge in [-0.2, -0.15) is 0 Å². The van der Waals surface area contributed by atoms with E-state index in [1.807, 2.05) is 68.4 Å². The highest BCUT2D eigenvalue weighted by molar-refractivity contribution is 7.99. The van der Waals surface area contributed by atoms with Gasteiger partial charge in [0.25, 0.3) is 5.69 Å². The molecule has 0 heterocycles. The van der Waals surface area contributed by atoms with Gasteiger partial charge >= 0.3 is 0 Å². The van der Waals surface area contributed by atoms with Crippen LogP contribution in [0.2, 0.25) is 0 Å². The largest absolute Gasteiger partial charge is 0.497 e. The molecule has 0 bridgehead atoms. The van der Waals surface area contributed by atoms with Gasteiger partial charge in [0.15, 0.2) is 0 Å². The first-order valence-electron chi connectivity index (χ1n) is 12.3. The molecule has 0 saturated heterocycles. The molecule has 1 atom stereocenters. The molecule has 0 aliphatic rings. The Labute approximate surface area is 227 Å². The molecule has 0 radical (unpaired) electrons. The van der Waals surface area contributed by atoms with Crippen LogP contribution in [0.5, 0.6) is 5.75 Å². The first kappa shape index (κ1) is 28.7. The Morgan fingerprint density at radius 1 is 0.974 bits per heavy atom. The lowest BCUT2D eigenvalue weighted by molar-refractivity contribution is -0.384. The fourth-order valence-electron chi connectivity index (χ4n) is 3.96. The van der Waals surface area contributed by atoms with Crippen LogP contribution in [0.25, 0.3) is 0 Å². The Morgan fingerprint density at radius 3 is 2.29 bits per heavy atom. The molecule has 1 unspecified atom stereocenters. The van der Waals surface area contributed by atoms with E-state index in [1.165, 1.54) is 23.9 Å². The molecule has 9 heteroatoms. The van der Waals surface area contributed by atoms with Crippen molar-refractivity contribution in [1.82, 2.24) is 10.2 Å². The van der Waals surface area contributed by atoms with Crippen LogP contribution >= 0.6 is 11.8 Å². The minimum atomic E-state index is -0.710. The van der Waals surface area contributed by atoms with E-state index in [9.17, 15) is 19.7 Å². The summed E-state index contributed by atoms with van der Waals surface area (Å²) in [5, 5.41) is 13.9. The van der Waals surface area contributed by atoms with Gasteiger partial charge in [-0.25, -0.2) is 0 Å². The van der Waals surface area contributed by atoms with Crippen LogP contribution in [0.3, 0.4) is 0 Å². The third-order valence-electron chi connectivity index (χ3n) is 5.83. The monoisotopic (exact) mass is 535 g/mol. The van der Waals surface area contributed by atoms with E-state index in [2.05, 4.69) is 5.32 Å². The zero-order valence-electron chi connectivity index (χ0n) is 21.8. The molecular formula is C29H33N3O5S. The molecule has 3 aromatic rings. The second-order valence-corrected chi connectivity index (χ2v) is 10.1. The van der Waals surface area contributed by atoms with Crippen molar-refractivity contribution in [2.75, 3.05) is 12.9 Å². The maximum atomic E-state index is 13.7. The number of nitrogens with zero attached hydrogens (tertiary/aromatic N) is 2. The fraction of sp³-hybridized carbons (Fsp3) is 0.310. The van der Waals surface area contributed by atoms with Gasteiger partial charge < -0.3 is 15.0 Å². The number of hydrogen-bond donors (Lipinski definition) is 1. The molecule has 0 aromatic heterocycles. The Hall–Kier alpha value is -3.85. The van der Waals surface area contributed by atoms with Crippen molar-refractivity contribution in [1.29, 1.82) is 0 Å². The van der Waals surface area contributed by atoms with E-state index in [0.29, 0.717) is 17.9 Å². The predicted molar refractivity (Wildman–Crippen MR) is 150 cm³/mol. The molecule has 0 saturated carbocycles. The summed E-state index contributed by atoms with van der Waals surface area (Å²) in [6, 6.07) is 22.6. The van der Waals surface area contributed by atoms with E-state index in [-0.39, 0.29) is 35.8 Å². The number of methoxy groups -OCH3 is 1. The Bertz CT molecular complexity index is 1220. The highest BCUT2D eigenvalue weighted by Crippen LogP contribution is 2.21. The SMILES string of the molecule is COc1cccc(CN(C(=O)CSCc2ccc([N+](=O)[O-])cc2)C(Cc2ccccc2)C(=O)NC(C)C)c1. The summed E-state index contributed by atoms with van der Waals surface area (Å²) in [5.41, 5.74) is 2.72. The zero-order valence-corrected chi connectivity index (χ0v) is 22.6. The number of hydrogen-bond acceptors (Lipinski definition) is 6. The van der Waals surface area contributed by atoms with Crippen LogP contribution in [0.15, 0.2) is 78.9 Å². The lowest BCUT2D eigenvalue weighted by Gasteiger charge is -2.32. The standard InChI is InChI=1S/C29H33N3O5S/c1-21(2)30-29(34)27(17-22-8-5-4-6-9-22)31(18-24-10-7-11-26(16-24)37-3)28(33)20-38-19-23-12-14-25(15-13-23)32(35)36/h4-16,21,27H,17-20H2,1-3H3,(H,30,34). The van der Waals surface area contributed by atoms with E-state index in [4.69, 9.17) is 4.74 Å². The smallest absolute Gasteiger partial charge is 0.269 e. The van der Waals surface area contributed by atoms with Gasteiger partial charge in [-0.05, 0) is 42.7 Å². The maximum Gasteiger partial charge on any atom is 0.269 e. The number of nitrogens with one attached hydrogen (secondary N) is 1. The molecule has 8 nitrogen and oxygen atoms in total. The molecule has 1 N–H and O–H groups in total. The Balaban J connectivity index is 1.83. The minimum absolute atomic E-state index is 0.0270. The highest BCUT2D eigenvalue weighted by Gasteiger charge is 2.30. The topological polar surface area (TPSA) is 102 Å². The summed E-state index contributed by atoms with van der Waals surface area (Å²) < 4.78 is 5.36. The minimum Gasteiger partial charge on any atom is -0.497 e. The van der Waals surface area contributed by atoms with Crippen LogP contribution in [0.1, 0.15) is 30.5 Å². The van der Waals surface area contributed by atoms with Gasteiger partial charge in [-0.1, -0.05) is 54.6 Å². The summed E-state index contributed by atoms with van der Waals surface area (Å²) in [6.45, 7) is 4.04. The summed E-state index contributed by atoms with van der Waals surface area (Å²) in [5.74, 6) is 0.966. The van der Waals surface area contributed by atoms with Crippen LogP contribution in [-0.2, 0) is 28.3 Å². The van der Waals surface area contributed by atoms with Crippen molar-refractivity contribution >= 4 is 29.3 Å². The van der Waals surface area contributed by atoms with Crippen molar-refractivity contribution < 1.29 is 19.2 Å². The number of non-ortho nitro benzene ring substituents is 1. The quantitative estimate of drug-likeness (QED) is 0.244. The number of rotatable bonds is 13. The van der Waals surface area contributed by atoms with Crippen molar-refractivity contribution in [2.45, 2.75) is 44.6 Å². The van der Waals surface area contributed by atoms with E-state index >= 15 is 0 Å². The Kier molecular flexibility index (Phi) is 10.7. The summed E-state index contributed by atoms with van der Waals surface area (Å²) in [4.78, 5) is 39.2.